The maximum absolute atomic E-state index is 11.3. The summed E-state index contributed by atoms with van der Waals surface area (Å²) < 4.78 is 65.0. The van der Waals surface area contributed by atoms with Crippen LogP contribution in [0.1, 0.15) is 0 Å². The third-order valence-electron chi connectivity index (χ3n) is 1.42. The lowest BCUT2D eigenvalue weighted by Crippen LogP contribution is -2.48. The maximum atomic E-state index is 11.3. The van der Waals surface area contributed by atoms with Gasteiger partial charge in [0.25, 0.3) is 0 Å². The molecule has 0 amide bonds. The molecule has 0 heterocycles. The lowest BCUT2D eigenvalue weighted by atomic mass is 11.9. The van der Waals surface area contributed by atoms with Crippen LogP contribution in [-0.2, 0) is 26.8 Å². The standard InChI is InChI=1S/CH4O6Si7/c1-10(13(6)11(4)8-2)14(7)12(5)9-3/h10H,1H3. The monoisotopic (exact) mass is 308 g/mol. The van der Waals surface area contributed by atoms with E-state index in [2.05, 4.69) is 0 Å². The molecule has 0 aromatic heterocycles. The Morgan fingerprint density at radius 2 is 1.14 bits per heavy atom. The molecule has 0 rings (SSSR count). The minimum atomic E-state index is -2.66. The molecule has 2 radical (unpaired) electrons. The van der Waals surface area contributed by atoms with E-state index in [1.165, 1.54) is 6.55 Å². The van der Waals surface area contributed by atoms with E-state index in [4.69, 9.17) is 0 Å². The molecule has 0 saturated carbocycles. The summed E-state index contributed by atoms with van der Waals surface area (Å²) in [5.74, 6) is 0. The first-order chi connectivity index (χ1) is 6.45. The van der Waals surface area contributed by atoms with E-state index in [9.17, 15) is 26.8 Å². The van der Waals surface area contributed by atoms with Crippen molar-refractivity contribution < 1.29 is 26.8 Å². The van der Waals surface area contributed by atoms with Crippen molar-refractivity contribution in [2.45, 2.75) is 6.55 Å². The zero-order valence-electron chi connectivity index (χ0n) is 7.03. The predicted molar refractivity (Wildman–Crippen MR) is 51.7 cm³/mol. The summed E-state index contributed by atoms with van der Waals surface area (Å²) in [6, 6.07) is 0. The molecule has 0 aliphatic heterocycles. The van der Waals surface area contributed by atoms with Crippen LogP contribution in [0.2, 0.25) is 6.55 Å². The fourth-order valence-corrected chi connectivity index (χ4v) is 57.3. The Labute approximate surface area is 89.9 Å². The van der Waals surface area contributed by atoms with Crippen LogP contribution in [0.4, 0.5) is 0 Å². The largest absolute Gasteiger partial charge is 0.389 e. The highest BCUT2D eigenvalue weighted by atomic mass is 30.0. The Morgan fingerprint density at radius 3 is 1.36 bits per heavy atom. The molecule has 0 unspecified atom stereocenters. The van der Waals surface area contributed by atoms with E-state index < -0.39 is 56.6 Å². The molecule has 0 aliphatic rings. The summed E-state index contributed by atoms with van der Waals surface area (Å²) in [6.07, 6.45) is 0. The summed E-state index contributed by atoms with van der Waals surface area (Å²) >= 11 is 0. The van der Waals surface area contributed by atoms with Gasteiger partial charge in [-0.15, -0.1) is 0 Å². The lowest BCUT2D eigenvalue weighted by molar-refractivity contribution is 0.550. The van der Waals surface area contributed by atoms with Gasteiger partial charge in [-0.3, -0.25) is 0 Å². The molecular formula is CH4O6Si7. The summed E-state index contributed by atoms with van der Waals surface area (Å²) in [7, 11) is -15.1. The van der Waals surface area contributed by atoms with Gasteiger partial charge in [-0.25, -0.2) is 0 Å². The Hall–Kier alpha value is 0.318. The molecule has 0 aliphatic carbocycles. The Morgan fingerprint density at radius 1 is 0.857 bits per heavy atom. The van der Waals surface area contributed by atoms with Gasteiger partial charge in [-0.2, -0.15) is 0 Å². The van der Waals surface area contributed by atoms with Crippen LogP contribution in [0.5, 0.6) is 0 Å². The van der Waals surface area contributed by atoms with Crippen LogP contribution in [-0.4, -0.2) is 56.6 Å². The van der Waals surface area contributed by atoms with Gasteiger partial charge in [-0.05, 0) is 0 Å². The average Bonchev–Trinajstić information content (AvgIpc) is 2.23. The predicted octanol–water partition coefficient (Wildman–Crippen LogP) is -3.06. The fraction of sp³-hybridized carbons (Fsp3) is 1.00. The molecule has 0 saturated heterocycles. The molecule has 0 N–H and O–H groups in total. The summed E-state index contributed by atoms with van der Waals surface area (Å²) in [5.41, 5.74) is 0. The number of hydrogen-bond acceptors (Lipinski definition) is 6. The van der Waals surface area contributed by atoms with E-state index >= 15 is 0 Å². The number of hydrogen-bond donors (Lipinski definition) is 0. The summed E-state index contributed by atoms with van der Waals surface area (Å²) in [5, 5.41) is 0. The molecule has 6 nitrogen and oxygen atoms in total. The van der Waals surface area contributed by atoms with Crippen molar-refractivity contribution in [1.82, 2.24) is 0 Å². The molecule has 0 atom stereocenters. The van der Waals surface area contributed by atoms with Gasteiger partial charge in [0.1, 0.15) is 0 Å². The molecule has 13 heteroatoms. The minimum absolute atomic E-state index is 1.13. The van der Waals surface area contributed by atoms with Crippen LogP contribution >= 0.6 is 0 Å². The summed E-state index contributed by atoms with van der Waals surface area (Å²) in [6.45, 7) is 1.42. The van der Waals surface area contributed by atoms with E-state index in [1.807, 2.05) is 0 Å². The molecule has 0 bridgehead atoms. The highest BCUT2D eigenvalue weighted by Crippen LogP contribution is 1.84. The van der Waals surface area contributed by atoms with E-state index in [0.29, 0.717) is 0 Å². The molecule has 14 heavy (non-hydrogen) atoms. The van der Waals surface area contributed by atoms with Crippen molar-refractivity contribution in [3.63, 3.8) is 0 Å². The lowest BCUT2D eigenvalue weighted by Gasteiger charge is -1.95. The Bertz CT molecular complexity index is 299. The van der Waals surface area contributed by atoms with E-state index in [0.717, 1.165) is 0 Å². The Balaban J connectivity index is 4.71. The first-order valence-corrected chi connectivity index (χ1v) is 19.6. The second-order valence-electron chi connectivity index (χ2n) is 2.31. The van der Waals surface area contributed by atoms with Crippen LogP contribution in [0.15, 0.2) is 0 Å². The number of rotatable bonds is 6. The molecule has 0 fully saturated rings. The van der Waals surface area contributed by atoms with Crippen molar-refractivity contribution in [3.8, 4) is 0 Å². The van der Waals surface area contributed by atoms with Gasteiger partial charge < -0.3 is 26.8 Å². The van der Waals surface area contributed by atoms with E-state index in [1.54, 1.807) is 0 Å². The normalized spacial score (nSPS) is 9.29. The van der Waals surface area contributed by atoms with Crippen molar-refractivity contribution in [3.05, 3.63) is 0 Å². The maximum Gasteiger partial charge on any atom is 0.380 e. The van der Waals surface area contributed by atoms with Crippen LogP contribution in [0, 0.1) is 0 Å². The zero-order chi connectivity index (χ0) is 11.3. The fourth-order valence-electron chi connectivity index (χ4n) is 0.613. The average molecular weight is 309 g/mol. The van der Waals surface area contributed by atoms with Crippen molar-refractivity contribution in [2.24, 2.45) is 0 Å². The first-order valence-electron chi connectivity index (χ1n) is 3.38. The quantitative estimate of drug-likeness (QED) is 0.483. The van der Waals surface area contributed by atoms with Gasteiger partial charge >= 0.3 is 48.7 Å². The second-order valence-corrected chi connectivity index (χ2v) is 33.1. The van der Waals surface area contributed by atoms with Gasteiger partial charge in [0, 0.05) is 0 Å². The third kappa shape index (κ3) is 3.82. The molecule has 0 aromatic rings. The zero-order valence-corrected chi connectivity index (χ0v) is 14.2. The van der Waals surface area contributed by atoms with Crippen LogP contribution in [0.25, 0.3) is 0 Å². The van der Waals surface area contributed by atoms with Gasteiger partial charge in [0.15, 0.2) is 7.83 Å². The third-order valence-corrected chi connectivity index (χ3v) is 46.7. The topological polar surface area (TPSA) is 102 Å². The SMILES string of the molecule is C[SiH]([Si](=O)[Si](=O)[Si]=O)[Si](=O)[Si](=O)[Si]=O. The highest BCUT2D eigenvalue weighted by molar-refractivity contribution is 7.71. The van der Waals surface area contributed by atoms with Crippen molar-refractivity contribution in [2.75, 3.05) is 0 Å². The molecule has 72 valence electrons. The van der Waals surface area contributed by atoms with Crippen LogP contribution < -0.4 is 0 Å². The minimum Gasteiger partial charge on any atom is -0.389 e. The van der Waals surface area contributed by atoms with Crippen molar-refractivity contribution >= 4 is 56.6 Å². The molecule has 0 aromatic carbocycles. The molecule has 0 spiro atoms. The van der Waals surface area contributed by atoms with Gasteiger partial charge in [-0.1, -0.05) is 6.55 Å². The first kappa shape index (κ1) is 14.3. The second kappa shape index (κ2) is 6.74. The van der Waals surface area contributed by atoms with Gasteiger partial charge in [0.05, 0.1) is 0 Å². The van der Waals surface area contributed by atoms with Crippen LogP contribution in [0.3, 0.4) is 0 Å². The highest BCUT2D eigenvalue weighted by Gasteiger charge is 2.39. The smallest absolute Gasteiger partial charge is 0.380 e. The Kier molecular flexibility index (Phi) is 6.89. The van der Waals surface area contributed by atoms with Crippen molar-refractivity contribution in [1.29, 1.82) is 0 Å². The van der Waals surface area contributed by atoms with Gasteiger partial charge in [0.2, 0.25) is 0 Å². The van der Waals surface area contributed by atoms with E-state index in [-0.39, 0.29) is 0 Å². The molecular weight excluding hydrogens is 305 g/mol. The summed E-state index contributed by atoms with van der Waals surface area (Å²) in [4.78, 5) is 0.